The third-order valence-corrected chi connectivity index (χ3v) is 4.40. The second-order valence-corrected chi connectivity index (χ2v) is 5.64. The molecule has 2 aliphatic rings. The number of nitrogens with zero attached hydrogens (tertiary/aromatic N) is 1. The van der Waals surface area contributed by atoms with Crippen LogP contribution in [0.2, 0.25) is 0 Å². The van der Waals surface area contributed by atoms with Crippen molar-refractivity contribution in [2.75, 3.05) is 13.1 Å². The van der Waals surface area contributed by atoms with E-state index in [-0.39, 0.29) is 0 Å². The van der Waals surface area contributed by atoms with Crippen LogP contribution in [0.15, 0.2) is 6.20 Å². The Hall–Kier alpha value is -0.830. The third-order valence-electron chi connectivity index (χ3n) is 4.40. The average Bonchev–Trinajstić information content (AvgIpc) is 2.98. The van der Waals surface area contributed by atoms with Gasteiger partial charge in [-0.1, -0.05) is 19.8 Å². The molecular weight excluding hydrogens is 198 g/mol. The molecule has 16 heavy (non-hydrogen) atoms. The highest BCUT2D eigenvalue weighted by Crippen LogP contribution is 2.40. The lowest BCUT2D eigenvalue weighted by atomic mass is 9.86. The first kappa shape index (κ1) is 10.3. The summed E-state index contributed by atoms with van der Waals surface area (Å²) in [6.45, 7) is 4.60. The van der Waals surface area contributed by atoms with Crippen molar-refractivity contribution in [3.8, 4) is 0 Å². The molecule has 0 spiro atoms. The van der Waals surface area contributed by atoms with Gasteiger partial charge in [-0.05, 0) is 25.8 Å². The minimum absolute atomic E-state index is 0.372. The standard InChI is InChI=1S/C13H21N3/c1-13(5-2-3-6-13)11-9-15-12(16-11)10-4-7-14-8-10/h9-10,14H,2-8H2,1H3,(H,15,16). The van der Waals surface area contributed by atoms with Crippen LogP contribution in [0.4, 0.5) is 0 Å². The Morgan fingerprint density at radius 1 is 1.38 bits per heavy atom. The maximum atomic E-state index is 4.59. The van der Waals surface area contributed by atoms with E-state index in [0.717, 1.165) is 13.1 Å². The Balaban J connectivity index is 1.81. The Kier molecular flexibility index (Phi) is 2.51. The Morgan fingerprint density at radius 3 is 2.88 bits per heavy atom. The molecule has 1 aliphatic carbocycles. The molecule has 1 aromatic rings. The number of aromatic amines is 1. The normalized spacial score (nSPS) is 28.7. The molecule has 1 saturated carbocycles. The second-order valence-electron chi connectivity index (χ2n) is 5.64. The van der Waals surface area contributed by atoms with Gasteiger partial charge in [0.2, 0.25) is 0 Å². The molecule has 3 heteroatoms. The van der Waals surface area contributed by atoms with Crippen molar-refractivity contribution in [2.24, 2.45) is 0 Å². The molecule has 88 valence electrons. The van der Waals surface area contributed by atoms with Crippen molar-refractivity contribution in [3.05, 3.63) is 17.7 Å². The van der Waals surface area contributed by atoms with Crippen LogP contribution in [0.25, 0.3) is 0 Å². The number of aromatic nitrogens is 2. The van der Waals surface area contributed by atoms with Gasteiger partial charge >= 0.3 is 0 Å². The van der Waals surface area contributed by atoms with Crippen LogP contribution in [0.1, 0.15) is 56.5 Å². The lowest BCUT2D eigenvalue weighted by molar-refractivity contribution is 0.476. The topological polar surface area (TPSA) is 40.7 Å². The first-order chi connectivity index (χ1) is 7.78. The van der Waals surface area contributed by atoms with Gasteiger partial charge in [-0.2, -0.15) is 0 Å². The van der Waals surface area contributed by atoms with Crippen molar-refractivity contribution in [1.29, 1.82) is 0 Å². The van der Waals surface area contributed by atoms with Gasteiger partial charge in [-0.3, -0.25) is 0 Å². The van der Waals surface area contributed by atoms with E-state index in [9.17, 15) is 0 Å². The number of rotatable bonds is 2. The maximum Gasteiger partial charge on any atom is 0.110 e. The van der Waals surface area contributed by atoms with E-state index < -0.39 is 0 Å². The van der Waals surface area contributed by atoms with Crippen molar-refractivity contribution in [3.63, 3.8) is 0 Å². The molecule has 2 fully saturated rings. The predicted octanol–water partition coefficient (Wildman–Crippen LogP) is 2.32. The van der Waals surface area contributed by atoms with Crippen LogP contribution < -0.4 is 5.32 Å². The first-order valence-corrected chi connectivity index (χ1v) is 6.54. The minimum atomic E-state index is 0.372. The molecule has 1 unspecified atom stereocenters. The van der Waals surface area contributed by atoms with Gasteiger partial charge in [-0.15, -0.1) is 0 Å². The molecule has 1 atom stereocenters. The Morgan fingerprint density at radius 2 is 2.19 bits per heavy atom. The van der Waals surface area contributed by atoms with Gasteiger partial charge in [0, 0.05) is 29.8 Å². The van der Waals surface area contributed by atoms with Gasteiger partial charge < -0.3 is 10.3 Å². The molecular formula is C13H21N3. The zero-order valence-electron chi connectivity index (χ0n) is 10.1. The highest BCUT2D eigenvalue weighted by Gasteiger charge is 2.33. The number of nitrogens with one attached hydrogen (secondary N) is 2. The summed E-state index contributed by atoms with van der Waals surface area (Å²) in [5, 5.41) is 3.40. The first-order valence-electron chi connectivity index (χ1n) is 6.54. The fourth-order valence-electron chi connectivity index (χ4n) is 3.16. The number of hydrogen-bond acceptors (Lipinski definition) is 2. The van der Waals surface area contributed by atoms with Gasteiger partial charge in [-0.25, -0.2) is 4.98 Å². The summed E-state index contributed by atoms with van der Waals surface area (Å²) in [6.07, 6.45) is 8.68. The van der Waals surface area contributed by atoms with E-state index in [0.29, 0.717) is 11.3 Å². The van der Waals surface area contributed by atoms with Crippen molar-refractivity contribution in [2.45, 2.75) is 50.4 Å². The molecule has 1 saturated heterocycles. The molecule has 1 aromatic heterocycles. The van der Waals surface area contributed by atoms with E-state index in [1.165, 1.54) is 43.6 Å². The molecule has 2 N–H and O–H groups in total. The minimum Gasteiger partial charge on any atom is -0.345 e. The fraction of sp³-hybridized carbons (Fsp3) is 0.769. The van der Waals surface area contributed by atoms with E-state index in [1.54, 1.807) is 0 Å². The molecule has 0 aromatic carbocycles. The van der Waals surface area contributed by atoms with Crippen molar-refractivity contribution < 1.29 is 0 Å². The summed E-state index contributed by atoms with van der Waals surface area (Å²) in [6, 6.07) is 0. The number of imidazole rings is 1. The zero-order chi connectivity index (χ0) is 11.0. The number of H-pyrrole nitrogens is 1. The summed E-state index contributed by atoms with van der Waals surface area (Å²) < 4.78 is 0. The highest BCUT2D eigenvalue weighted by atomic mass is 15.0. The average molecular weight is 219 g/mol. The molecule has 3 rings (SSSR count). The summed E-state index contributed by atoms with van der Waals surface area (Å²) in [5.74, 6) is 1.81. The lowest BCUT2D eigenvalue weighted by Gasteiger charge is -2.21. The van der Waals surface area contributed by atoms with E-state index >= 15 is 0 Å². The quantitative estimate of drug-likeness (QED) is 0.801. The van der Waals surface area contributed by atoms with E-state index in [4.69, 9.17) is 0 Å². The van der Waals surface area contributed by atoms with Gasteiger partial charge in [0.1, 0.15) is 5.82 Å². The molecule has 3 nitrogen and oxygen atoms in total. The van der Waals surface area contributed by atoms with Crippen molar-refractivity contribution >= 4 is 0 Å². The van der Waals surface area contributed by atoms with Gasteiger partial charge in [0.05, 0.1) is 0 Å². The largest absolute Gasteiger partial charge is 0.345 e. The van der Waals surface area contributed by atoms with Crippen LogP contribution in [0.3, 0.4) is 0 Å². The highest BCUT2D eigenvalue weighted by molar-refractivity contribution is 5.18. The Labute approximate surface area is 97.0 Å². The van der Waals surface area contributed by atoms with Gasteiger partial charge in [0.25, 0.3) is 0 Å². The molecule has 2 heterocycles. The Bertz CT molecular complexity index is 357. The van der Waals surface area contributed by atoms with Crippen LogP contribution in [-0.4, -0.2) is 23.1 Å². The van der Waals surface area contributed by atoms with Gasteiger partial charge in [0.15, 0.2) is 0 Å². The second kappa shape index (κ2) is 3.88. The number of hydrogen-bond donors (Lipinski definition) is 2. The third kappa shape index (κ3) is 1.67. The molecule has 1 aliphatic heterocycles. The smallest absolute Gasteiger partial charge is 0.110 e. The van der Waals surface area contributed by atoms with Crippen molar-refractivity contribution in [1.82, 2.24) is 15.3 Å². The summed E-state index contributed by atoms with van der Waals surface area (Å²) in [5.41, 5.74) is 1.74. The van der Waals surface area contributed by atoms with Crippen LogP contribution in [-0.2, 0) is 5.41 Å². The summed E-state index contributed by atoms with van der Waals surface area (Å²) in [4.78, 5) is 8.18. The van der Waals surface area contributed by atoms with Crippen LogP contribution in [0, 0.1) is 0 Å². The predicted molar refractivity (Wildman–Crippen MR) is 64.6 cm³/mol. The fourth-order valence-corrected chi connectivity index (χ4v) is 3.16. The lowest BCUT2D eigenvalue weighted by Crippen LogP contribution is -2.17. The maximum absolute atomic E-state index is 4.59. The molecule has 0 bridgehead atoms. The van der Waals surface area contributed by atoms with E-state index in [1.807, 2.05) is 0 Å². The van der Waals surface area contributed by atoms with Crippen LogP contribution >= 0.6 is 0 Å². The monoisotopic (exact) mass is 219 g/mol. The summed E-state index contributed by atoms with van der Waals surface area (Å²) >= 11 is 0. The summed E-state index contributed by atoms with van der Waals surface area (Å²) in [7, 11) is 0. The molecule has 0 radical (unpaired) electrons. The van der Waals surface area contributed by atoms with E-state index in [2.05, 4.69) is 28.4 Å². The van der Waals surface area contributed by atoms with Crippen LogP contribution in [0.5, 0.6) is 0 Å². The zero-order valence-corrected chi connectivity index (χ0v) is 10.1. The SMILES string of the molecule is CC1(c2cnc(C3CCNC3)[nH]2)CCCC1. The molecule has 0 amide bonds.